The van der Waals surface area contributed by atoms with Crippen LogP contribution in [0.5, 0.6) is 0 Å². The van der Waals surface area contributed by atoms with Gasteiger partial charge in [0.2, 0.25) is 5.91 Å². The molecule has 1 aliphatic heterocycles. The number of nitrogens with one attached hydrogen (secondary N) is 1. The smallest absolute Gasteiger partial charge is 0.313 e. The van der Waals surface area contributed by atoms with E-state index >= 15 is 0 Å². The number of aryl methyl sites for hydroxylation is 1. The van der Waals surface area contributed by atoms with Crippen LogP contribution in [0.15, 0.2) is 24.3 Å². The van der Waals surface area contributed by atoms with Crippen LogP contribution >= 0.6 is 0 Å². The fraction of sp³-hybridized carbons (Fsp3) is 0.467. The molecule has 1 amide bonds. The zero-order chi connectivity index (χ0) is 15.6. The third-order valence-corrected chi connectivity index (χ3v) is 3.98. The van der Waals surface area contributed by atoms with Gasteiger partial charge < -0.3 is 20.9 Å². The molecule has 0 saturated carbocycles. The number of carboxylic acids is 1. The first-order valence-corrected chi connectivity index (χ1v) is 6.78. The number of hydrogen-bond acceptors (Lipinski definition) is 4. The number of aliphatic carboxylic acids is 1. The maximum atomic E-state index is 12.2. The number of ether oxygens (including phenoxy) is 1. The van der Waals surface area contributed by atoms with Crippen molar-refractivity contribution >= 4 is 11.9 Å². The minimum Gasteiger partial charge on any atom is -0.481 e. The molecule has 114 valence electrons. The van der Waals surface area contributed by atoms with Crippen molar-refractivity contribution in [3.05, 3.63) is 35.4 Å². The summed E-state index contributed by atoms with van der Waals surface area (Å²) in [6, 6.07) is 5.93. The van der Waals surface area contributed by atoms with E-state index < -0.39 is 29.4 Å². The summed E-state index contributed by atoms with van der Waals surface area (Å²) in [6.45, 7) is 3.76. The van der Waals surface area contributed by atoms with Crippen molar-refractivity contribution < 1.29 is 19.4 Å². The van der Waals surface area contributed by atoms with Crippen LogP contribution in [-0.2, 0) is 14.3 Å². The summed E-state index contributed by atoms with van der Waals surface area (Å²) in [7, 11) is 0. The molecule has 4 N–H and O–H groups in total. The zero-order valence-electron chi connectivity index (χ0n) is 12.1. The molecule has 1 fully saturated rings. The van der Waals surface area contributed by atoms with Crippen molar-refractivity contribution in [1.82, 2.24) is 5.32 Å². The van der Waals surface area contributed by atoms with Crippen LogP contribution in [-0.4, -0.2) is 36.2 Å². The molecular formula is C15H20N2O4. The third-order valence-electron chi connectivity index (χ3n) is 3.98. The summed E-state index contributed by atoms with van der Waals surface area (Å²) in [6.07, 6.45) is 0. The molecule has 0 bridgehead atoms. The van der Waals surface area contributed by atoms with E-state index in [2.05, 4.69) is 5.32 Å². The third kappa shape index (κ3) is 3.06. The number of nitrogens with two attached hydrogens (primary N) is 1. The van der Waals surface area contributed by atoms with Gasteiger partial charge in [0.1, 0.15) is 11.5 Å². The minimum absolute atomic E-state index is 0.0764. The Morgan fingerprint density at radius 1 is 1.43 bits per heavy atom. The van der Waals surface area contributed by atoms with E-state index in [-0.39, 0.29) is 13.2 Å². The monoisotopic (exact) mass is 292 g/mol. The van der Waals surface area contributed by atoms with Gasteiger partial charge in [-0.2, -0.15) is 0 Å². The Labute approximate surface area is 123 Å². The topological polar surface area (TPSA) is 102 Å². The van der Waals surface area contributed by atoms with Crippen molar-refractivity contribution in [3.63, 3.8) is 0 Å². The number of amides is 1. The first-order chi connectivity index (χ1) is 9.84. The Balaban J connectivity index is 2.07. The molecule has 3 atom stereocenters. The Hall–Kier alpha value is -1.92. The van der Waals surface area contributed by atoms with Crippen LogP contribution in [0.1, 0.15) is 24.1 Å². The van der Waals surface area contributed by atoms with Crippen molar-refractivity contribution in [3.8, 4) is 0 Å². The highest BCUT2D eigenvalue weighted by molar-refractivity contribution is 5.84. The Morgan fingerprint density at radius 2 is 2.05 bits per heavy atom. The molecule has 0 aromatic heterocycles. The number of carbonyl (C=O) groups is 2. The Bertz CT molecular complexity index is 543. The quantitative estimate of drug-likeness (QED) is 0.754. The van der Waals surface area contributed by atoms with Gasteiger partial charge >= 0.3 is 5.97 Å². The molecule has 1 aromatic carbocycles. The van der Waals surface area contributed by atoms with Gasteiger partial charge in [-0.05, 0) is 19.4 Å². The van der Waals surface area contributed by atoms with Crippen molar-refractivity contribution in [2.75, 3.05) is 13.2 Å². The number of carboxylic acid groups (broad SMARTS) is 1. The predicted octanol–water partition coefficient (Wildman–Crippen LogP) is 0.601. The summed E-state index contributed by atoms with van der Waals surface area (Å²) in [5, 5.41) is 12.0. The zero-order valence-corrected chi connectivity index (χ0v) is 12.1. The average molecular weight is 292 g/mol. The Kier molecular flexibility index (Phi) is 4.29. The fourth-order valence-corrected chi connectivity index (χ4v) is 2.27. The van der Waals surface area contributed by atoms with E-state index in [4.69, 9.17) is 10.5 Å². The molecule has 1 saturated heterocycles. The fourth-order valence-electron chi connectivity index (χ4n) is 2.27. The highest BCUT2D eigenvalue weighted by Crippen LogP contribution is 2.29. The molecule has 2 rings (SSSR count). The molecule has 21 heavy (non-hydrogen) atoms. The van der Waals surface area contributed by atoms with Crippen LogP contribution in [0.25, 0.3) is 0 Å². The molecule has 0 aliphatic carbocycles. The number of hydrogen-bond donors (Lipinski definition) is 3. The second-order valence-electron chi connectivity index (χ2n) is 5.69. The van der Waals surface area contributed by atoms with Gasteiger partial charge in [0, 0.05) is 0 Å². The van der Waals surface area contributed by atoms with Gasteiger partial charge in [0.15, 0.2) is 0 Å². The molecule has 1 heterocycles. The van der Waals surface area contributed by atoms with Crippen molar-refractivity contribution in [2.45, 2.75) is 25.9 Å². The lowest BCUT2D eigenvalue weighted by molar-refractivity contribution is -0.149. The predicted molar refractivity (Wildman–Crippen MR) is 76.6 cm³/mol. The van der Waals surface area contributed by atoms with Crippen molar-refractivity contribution in [1.29, 1.82) is 0 Å². The van der Waals surface area contributed by atoms with Gasteiger partial charge in [0.05, 0.1) is 19.3 Å². The van der Waals surface area contributed by atoms with E-state index in [0.29, 0.717) is 5.56 Å². The first-order valence-electron chi connectivity index (χ1n) is 6.78. The lowest BCUT2D eigenvalue weighted by Gasteiger charge is -2.26. The van der Waals surface area contributed by atoms with Gasteiger partial charge in [-0.15, -0.1) is 0 Å². The molecule has 6 nitrogen and oxygen atoms in total. The van der Waals surface area contributed by atoms with Gasteiger partial charge in [0.25, 0.3) is 0 Å². The van der Waals surface area contributed by atoms with E-state index in [9.17, 15) is 14.7 Å². The first kappa shape index (κ1) is 15.5. The molecule has 3 unspecified atom stereocenters. The molecular weight excluding hydrogens is 272 g/mol. The van der Waals surface area contributed by atoms with Gasteiger partial charge in [-0.3, -0.25) is 9.59 Å². The van der Waals surface area contributed by atoms with Gasteiger partial charge in [-0.1, -0.05) is 29.8 Å². The largest absolute Gasteiger partial charge is 0.481 e. The SMILES string of the molecule is Cc1ccc(C(N)C(=O)NC2COCC2(C)C(=O)O)cc1. The number of carbonyl (C=O) groups excluding carboxylic acids is 1. The van der Waals surface area contributed by atoms with Crippen LogP contribution < -0.4 is 11.1 Å². The summed E-state index contributed by atoms with van der Waals surface area (Å²) >= 11 is 0. The maximum absolute atomic E-state index is 12.2. The van der Waals surface area contributed by atoms with Crippen LogP contribution in [0.4, 0.5) is 0 Å². The minimum atomic E-state index is -1.12. The Morgan fingerprint density at radius 3 is 2.62 bits per heavy atom. The summed E-state index contributed by atoms with van der Waals surface area (Å²) in [4.78, 5) is 23.5. The van der Waals surface area contributed by atoms with Gasteiger partial charge in [-0.25, -0.2) is 0 Å². The normalized spacial score (nSPS) is 26.3. The van der Waals surface area contributed by atoms with E-state index in [1.165, 1.54) is 0 Å². The highest BCUT2D eigenvalue weighted by atomic mass is 16.5. The highest BCUT2D eigenvalue weighted by Gasteiger charge is 2.47. The van der Waals surface area contributed by atoms with Crippen LogP contribution in [0, 0.1) is 12.3 Å². The number of rotatable bonds is 4. The maximum Gasteiger partial charge on any atom is 0.313 e. The summed E-state index contributed by atoms with van der Waals surface area (Å²) in [5.41, 5.74) is 6.58. The standard InChI is InChI=1S/C15H20N2O4/c1-9-3-5-10(6-4-9)12(16)13(18)17-11-7-21-8-15(11,2)14(19)20/h3-6,11-12H,7-8,16H2,1-2H3,(H,17,18)(H,19,20). The van der Waals surface area contributed by atoms with Crippen LogP contribution in [0.2, 0.25) is 0 Å². The molecule has 1 aromatic rings. The van der Waals surface area contributed by atoms with E-state index in [1.807, 2.05) is 19.1 Å². The summed E-state index contributed by atoms with van der Waals surface area (Å²) in [5.74, 6) is -1.39. The molecule has 6 heteroatoms. The second kappa shape index (κ2) is 5.83. The molecule has 0 spiro atoms. The number of benzene rings is 1. The lowest BCUT2D eigenvalue weighted by atomic mass is 9.85. The lowest BCUT2D eigenvalue weighted by Crippen LogP contribution is -2.51. The van der Waals surface area contributed by atoms with Crippen molar-refractivity contribution in [2.24, 2.45) is 11.1 Å². The van der Waals surface area contributed by atoms with Crippen LogP contribution in [0.3, 0.4) is 0 Å². The summed E-state index contributed by atoms with van der Waals surface area (Å²) < 4.78 is 5.20. The van der Waals surface area contributed by atoms with E-state index in [0.717, 1.165) is 5.56 Å². The molecule has 1 aliphatic rings. The average Bonchev–Trinajstić information content (AvgIpc) is 2.81. The second-order valence-corrected chi connectivity index (χ2v) is 5.69. The van der Waals surface area contributed by atoms with E-state index in [1.54, 1.807) is 19.1 Å². The molecule has 0 radical (unpaired) electrons.